The summed E-state index contributed by atoms with van der Waals surface area (Å²) in [5.41, 5.74) is 1.07. The van der Waals surface area contributed by atoms with Crippen LogP contribution in [0.25, 0.3) is 32.3 Å². The molecule has 0 radical (unpaired) electrons. The number of aromatic nitrogens is 1. The number of carbonyl (C=O) groups is 2. The molecule has 2 amide bonds. The maximum Gasteiger partial charge on any atom is 0.324 e. The van der Waals surface area contributed by atoms with Gasteiger partial charge in [-0.05, 0) is 44.5 Å². The summed E-state index contributed by atoms with van der Waals surface area (Å²) in [4.78, 5) is 54.7. The highest BCUT2D eigenvalue weighted by molar-refractivity contribution is 6.25. The second-order valence-corrected chi connectivity index (χ2v) is 10.1. The standard InChI is InChI=1S/C23H15N3O.C6H3N3O7.C3H7NO/c27-23(18-10-12-24-13-11-18)26-25-14-19-7-6-17-5-4-15-2-1-3-16-8-9-20(19)22(17)21(15)16;10-6-4(8(13)14)1-3(7(11)12)2-5(6)9(15)16;1-4(2)3-5/h1-14H,(H,26,27);1-2,10H;3H,1-2H3/b25-14+;;. The van der Waals surface area contributed by atoms with E-state index in [-0.39, 0.29) is 5.91 Å². The fourth-order valence-electron chi connectivity index (χ4n) is 4.57. The lowest BCUT2D eigenvalue weighted by atomic mass is 9.92. The molecule has 0 aliphatic rings. The summed E-state index contributed by atoms with van der Waals surface area (Å²) in [5, 5.41) is 51.6. The summed E-state index contributed by atoms with van der Waals surface area (Å²) < 4.78 is 0. The molecule has 0 saturated carbocycles. The van der Waals surface area contributed by atoms with Gasteiger partial charge in [0.25, 0.3) is 17.3 Å². The van der Waals surface area contributed by atoms with E-state index >= 15 is 0 Å². The molecule has 0 unspecified atom stereocenters. The molecule has 48 heavy (non-hydrogen) atoms. The zero-order valence-corrected chi connectivity index (χ0v) is 25.2. The van der Waals surface area contributed by atoms with Gasteiger partial charge in [0.1, 0.15) is 0 Å². The van der Waals surface area contributed by atoms with Crippen molar-refractivity contribution in [2.45, 2.75) is 0 Å². The van der Waals surface area contributed by atoms with E-state index in [0.717, 1.165) is 17.4 Å². The molecule has 6 rings (SSSR count). The van der Waals surface area contributed by atoms with Gasteiger partial charge in [0, 0.05) is 37.6 Å². The largest absolute Gasteiger partial charge is 0.497 e. The lowest BCUT2D eigenvalue weighted by Crippen LogP contribution is -2.17. The molecule has 0 aliphatic carbocycles. The molecule has 16 heteroatoms. The predicted octanol–water partition coefficient (Wildman–Crippen LogP) is 5.56. The lowest BCUT2D eigenvalue weighted by molar-refractivity contribution is -0.404. The maximum atomic E-state index is 12.1. The first kappa shape index (κ1) is 33.8. The van der Waals surface area contributed by atoms with Gasteiger partial charge in [-0.2, -0.15) is 5.10 Å². The minimum absolute atomic E-state index is 0.258. The average molecular weight is 652 g/mol. The number of benzene rings is 5. The summed E-state index contributed by atoms with van der Waals surface area (Å²) in [5.74, 6) is -1.47. The number of phenolic OH excluding ortho intramolecular Hbond substituents is 1. The number of amides is 2. The van der Waals surface area contributed by atoms with Crippen LogP contribution in [-0.4, -0.2) is 62.4 Å². The van der Waals surface area contributed by atoms with Crippen LogP contribution in [0, 0.1) is 30.3 Å². The molecule has 6 aromatic rings. The Morgan fingerprint density at radius 1 is 0.812 bits per heavy atom. The van der Waals surface area contributed by atoms with Crippen LogP contribution in [0.5, 0.6) is 5.75 Å². The first-order valence-corrected chi connectivity index (χ1v) is 13.7. The van der Waals surface area contributed by atoms with E-state index < -0.39 is 37.6 Å². The molecule has 16 nitrogen and oxygen atoms in total. The highest BCUT2D eigenvalue weighted by atomic mass is 16.6. The van der Waals surface area contributed by atoms with Gasteiger partial charge in [-0.15, -0.1) is 0 Å². The lowest BCUT2D eigenvalue weighted by Gasteiger charge is -2.12. The van der Waals surface area contributed by atoms with Gasteiger partial charge < -0.3 is 10.0 Å². The zero-order chi connectivity index (χ0) is 35.0. The summed E-state index contributed by atoms with van der Waals surface area (Å²) >= 11 is 0. The molecule has 0 fully saturated rings. The topological polar surface area (TPSA) is 224 Å². The van der Waals surface area contributed by atoms with Crippen LogP contribution in [0.3, 0.4) is 0 Å². The minimum atomic E-state index is -1.21. The molecule has 1 heterocycles. The van der Waals surface area contributed by atoms with E-state index in [9.17, 15) is 39.9 Å². The monoisotopic (exact) mass is 651 g/mol. The highest BCUT2D eigenvalue weighted by Crippen LogP contribution is 2.39. The Kier molecular flexibility index (Phi) is 10.4. The number of hydrogen-bond acceptors (Lipinski definition) is 11. The van der Waals surface area contributed by atoms with Crippen LogP contribution >= 0.6 is 0 Å². The Hall–Kier alpha value is -7.10. The Balaban J connectivity index is 0.000000211. The number of hydrogen-bond donors (Lipinski definition) is 2. The number of nitrogens with zero attached hydrogens (tertiary/aromatic N) is 6. The van der Waals surface area contributed by atoms with Gasteiger partial charge >= 0.3 is 11.4 Å². The van der Waals surface area contributed by atoms with E-state index in [4.69, 9.17) is 5.11 Å². The quantitative estimate of drug-likeness (QED) is 0.0718. The first-order valence-electron chi connectivity index (χ1n) is 13.7. The number of pyridine rings is 1. The smallest absolute Gasteiger partial charge is 0.324 e. The number of non-ortho nitro benzene ring substituents is 1. The minimum Gasteiger partial charge on any atom is -0.497 e. The van der Waals surface area contributed by atoms with E-state index in [2.05, 4.69) is 64.0 Å². The molecular weight excluding hydrogens is 626 g/mol. The Bertz CT molecular complexity index is 2140. The third-order valence-corrected chi connectivity index (χ3v) is 6.74. The van der Waals surface area contributed by atoms with Crippen LogP contribution in [0.2, 0.25) is 0 Å². The number of nitro benzene ring substituents is 3. The van der Waals surface area contributed by atoms with Gasteiger partial charge in [0.2, 0.25) is 6.41 Å². The van der Waals surface area contributed by atoms with Crippen LogP contribution < -0.4 is 5.43 Å². The maximum absolute atomic E-state index is 12.1. The molecule has 0 atom stereocenters. The predicted molar refractivity (Wildman–Crippen MR) is 177 cm³/mol. The molecule has 1 aromatic heterocycles. The van der Waals surface area contributed by atoms with Crippen molar-refractivity contribution in [3.63, 3.8) is 0 Å². The van der Waals surface area contributed by atoms with Crippen LogP contribution in [0.1, 0.15) is 15.9 Å². The first-order chi connectivity index (χ1) is 22.9. The molecule has 242 valence electrons. The van der Waals surface area contributed by atoms with Crippen molar-refractivity contribution in [2.24, 2.45) is 5.10 Å². The molecule has 0 bridgehead atoms. The van der Waals surface area contributed by atoms with Gasteiger partial charge in [-0.25, -0.2) is 5.43 Å². The Morgan fingerprint density at radius 2 is 1.33 bits per heavy atom. The van der Waals surface area contributed by atoms with Crippen molar-refractivity contribution in [1.29, 1.82) is 0 Å². The third-order valence-electron chi connectivity index (χ3n) is 6.74. The van der Waals surface area contributed by atoms with E-state index in [1.165, 1.54) is 31.8 Å². The normalized spacial score (nSPS) is 10.5. The SMILES string of the molecule is CN(C)C=O.O=C(N/N=C/c1ccc2ccc3cccc4ccc1c2c34)c1ccncc1.O=[N+]([O-])c1cc([N+](=O)[O-])c(O)c([N+](=O)[O-])c1. The summed E-state index contributed by atoms with van der Waals surface area (Å²) in [6.07, 6.45) is 5.62. The summed E-state index contributed by atoms with van der Waals surface area (Å²) in [6.45, 7) is 0. The van der Waals surface area contributed by atoms with Crippen molar-refractivity contribution in [1.82, 2.24) is 15.3 Å². The van der Waals surface area contributed by atoms with E-state index in [1.54, 1.807) is 44.8 Å². The van der Waals surface area contributed by atoms with E-state index in [1.807, 2.05) is 6.07 Å². The van der Waals surface area contributed by atoms with Crippen molar-refractivity contribution in [3.05, 3.63) is 133 Å². The zero-order valence-electron chi connectivity index (χ0n) is 25.2. The Labute approximate surface area is 270 Å². The Morgan fingerprint density at radius 3 is 1.85 bits per heavy atom. The third kappa shape index (κ3) is 7.57. The van der Waals surface area contributed by atoms with Crippen LogP contribution in [0.15, 0.2) is 96.4 Å². The van der Waals surface area contributed by atoms with Crippen molar-refractivity contribution >= 4 is 67.9 Å². The second-order valence-electron chi connectivity index (χ2n) is 10.1. The number of nitrogens with one attached hydrogen (secondary N) is 1. The molecule has 2 N–H and O–H groups in total. The van der Waals surface area contributed by atoms with Crippen molar-refractivity contribution in [3.8, 4) is 5.75 Å². The fourth-order valence-corrected chi connectivity index (χ4v) is 4.57. The molecule has 0 aliphatic heterocycles. The second kappa shape index (κ2) is 14.8. The van der Waals surface area contributed by atoms with Gasteiger partial charge in [0.15, 0.2) is 0 Å². The highest BCUT2D eigenvalue weighted by Gasteiger charge is 2.30. The van der Waals surface area contributed by atoms with Crippen LogP contribution in [0.4, 0.5) is 17.1 Å². The molecule has 0 saturated heterocycles. The molecule has 0 spiro atoms. The number of hydrazone groups is 1. The number of carbonyl (C=O) groups excluding carboxylic acids is 2. The average Bonchev–Trinajstić information content (AvgIpc) is 3.08. The van der Waals surface area contributed by atoms with Gasteiger partial charge in [0.05, 0.1) is 33.1 Å². The number of phenols is 1. The van der Waals surface area contributed by atoms with Gasteiger partial charge in [-0.3, -0.25) is 44.9 Å². The van der Waals surface area contributed by atoms with Crippen molar-refractivity contribution in [2.75, 3.05) is 14.1 Å². The fraction of sp³-hybridized carbons (Fsp3) is 0.0625. The van der Waals surface area contributed by atoms with E-state index in [0.29, 0.717) is 17.7 Å². The number of nitro groups is 3. The van der Waals surface area contributed by atoms with Gasteiger partial charge in [-0.1, -0.05) is 54.6 Å². The molecule has 5 aromatic carbocycles. The summed E-state index contributed by atoms with van der Waals surface area (Å²) in [7, 11) is 3.38. The summed E-state index contributed by atoms with van der Waals surface area (Å²) in [6, 6.07) is 23.2. The number of aromatic hydroxyl groups is 1. The number of rotatable bonds is 7. The van der Waals surface area contributed by atoms with Crippen molar-refractivity contribution < 1.29 is 29.5 Å². The van der Waals surface area contributed by atoms with Crippen LogP contribution in [-0.2, 0) is 4.79 Å². The molecular formula is C32H25N7O9.